The van der Waals surface area contributed by atoms with E-state index in [1.54, 1.807) is 19.1 Å². The van der Waals surface area contributed by atoms with Crippen LogP contribution in [0.5, 0.6) is 0 Å². The van der Waals surface area contributed by atoms with Gasteiger partial charge in [-0.25, -0.2) is 4.68 Å². The third-order valence-electron chi connectivity index (χ3n) is 4.77. The molecule has 1 aliphatic rings. The van der Waals surface area contributed by atoms with Gasteiger partial charge in [-0.2, -0.15) is 5.10 Å². The summed E-state index contributed by atoms with van der Waals surface area (Å²) in [4.78, 5) is 24.8. The summed E-state index contributed by atoms with van der Waals surface area (Å²) in [6.45, 7) is 2.29. The number of anilines is 1. The predicted molar refractivity (Wildman–Crippen MR) is 94.9 cm³/mol. The highest BCUT2D eigenvalue weighted by molar-refractivity contribution is 5.79. The fourth-order valence-corrected chi connectivity index (χ4v) is 3.23. The number of nitrogens with one attached hydrogen (secondary N) is 1. The lowest BCUT2D eigenvalue weighted by Crippen LogP contribution is -2.39. The maximum Gasteiger partial charge on any atom is 0.290 e. The van der Waals surface area contributed by atoms with Crippen molar-refractivity contribution in [3.8, 4) is 11.5 Å². The third-order valence-corrected chi connectivity index (χ3v) is 4.77. The molecule has 1 atom stereocenters. The van der Waals surface area contributed by atoms with Crippen molar-refractivity contribution >= 4 is 11.6 Å². The molecular formula is C18H24N4O3. The van der Waals surface area contributed by atoms with Gasteiger partial charge in [-0.05, 0) is 43.9 Å². The molecule has 2 aromatic heterocycles. The van der Waals surface area contributed by atoms with Crippen LogP contribution in [0.15, 0.2) is 33.7 Å². The van der Waals surface area contributed by atoms with Gasteiger partial charge in [-0.1, -0.05) is 19.3 Å². The van der Waals surface area contributed by atoms with Crippen LogP contribution in [0.25, 0.3) is 11.5 Å². The third kappa shape index (κ3) is 3.92. The van der Waals surface area contributed by atoms with Crippen LogP contribution < -0.4 is 16.6 Å². The first kappa shape index (κ1) is 17.3. The van der Waals surface area contributed by atoms with Gasteiger partial charge in [0, 0.05) is 6.54 Å². The number of hydrogen-bond donors (Lipinski definition) is 2. The summed E-state index contributed by atoms with van der Waals surface area (Å²) in [5, 5.41) is 7.21. The van der Waals surface area contributed by atoms with Crippen molar-refractivity contribution in [1.82, 2.24) is 15.1 Å². The van der Waals surface area contributed by atoms with Gasteiger partial charge in [0.1, 0.15) is 17.4 Å². The summed E-state index contributed by atoms with van der Waals surface area (Å²) < 4.78 is 6.43. The molecule has 1 amide bonds. The second kappa shape index (κ2) is 7.55. The minimum absolute atomic E-state index is 0.0355. The largest absolute Gasteiger partial charge is 0.463 e. The number of amides is 1. The highest BCUT2D eigenvalue weighted by Crippen LogP contribution is 2.23. The molecule has 2 aromatic rings. The number of aromatic nitrogens is 2. The number of rotatable bonds is 5. The number of carbonyl (C=O) groups is 1. The smallest absolute Gasteiger partial charge is 0.290 e. The van der Waals surface area contributed by atoms with Crippen LogP contribution in [0, 0.1) is 5.92 Å². The van der Waals surface area contributed by atoms with Crippen LogP contribution in [0.1, 0.15) is 45.1 Å². The van der Waals surface area contributed by atoms with Gasteiger partial charge < -0.3 is 15.5 Å². The minimum atomic E-state index is -0.742. The van der Waals surface area contributed by atoms with Gasteiger partial charge in [-0.3, -0.25) is 9.59 Å². The Morgan fingerprint density at radius 1 is 1.44 bits per heavy atom. The lowest BCUT2D eigenvalue weighted by Gasteiger charge is -2.23. The van der Waals surface area contributed by atoms with E-state index in [9.17, 15) is 9.59 Å². The fourth-order valence-electron chi connectivity index (χ4n) is 3.23. The van der Waals surface area contributed by atoms with Crippen molar-refractivity contribution < 1.29 is 9.21 Å². The SMILES string of the molecule is C[C@H](C(=O)NCC1CCCCC1)n1nc(-c2ccco2)cc(N)c1=O. The zero-order valence-corrected chi connectivity index (χ0v) is 14.4. The molecule has 134 valence electrons. The average Bonchev–Trinajstić information content (AvgIpc) is 3.17. The predicted octanol–water partition coefficient (Wildman–Crippen LogP) is 2.34. The van der Waals surface area contributed by atoms with Crippen LogP contribution in [-0.4, -0.2) is 22.2 Å². The zero-order chi connectivity index (χ0) is 17.8. The highest BCUT2D eigenvalue weighted by atomic mass is 16.3. The molecule has 7 heteroatoms. The van der Waals surface area contributed by atoms with Crippen molar-refractivity contribution in [3.63, 3.8) is 0 Å². The first-order chi connectivity index (χ1) is 12.1. The first-order valence-corrected chi connectivity index (χ1v) is 8.77. The summed E-state index contributed by atoms with van der Waals surface area (Å²) in [7, 11) is 0. The zero-order valence-electron chi connectivity index (χ0n) is 14.4. The van der Waals surface area contributed by atoms with E-state index < -0.39 is 11.6 Å². The van der Waals surface area contributed by atoms with E-state index in [0.717, 1.165) is 17.5 Å². The highest BCUT2D eigenvalue weighted by Gasteiger charge is 2.21. The average molecular weight is 344 g/mol. The van der Waals surface area contributed by atoms with E-state index in [1.807, 2.05) is 0 Å². The number of nitrogens with two attached hydrogens (primary N) is 1. The van der Waals surface area contributed by atoms with E-state index in [2.05, 4.69) is 10.4 Å². The number of nitrogen functional groups attached to an aromatic ring is 1. The molecule has 25 heavy (non-hydrogen) atoms. The Labute approximate surface area is 146 Å². The molecule has 0 radical (unpaired) electrons. The molecule has 1 saturated carbocycles. The van der Waals surface area contributed by atoms with E-state index >= 15 is 0 Å². The number of carbonyl (C=O) groups excluding carboxylic acids is 1. The molecule has 0 saturated heterocycles. The Bertz CT molecular complexity index is 776. The van der Waals surface area contributed by atoms with Crippen molar-refractivity contribution in [1.29, 1.82) is 0 Å². The lowest BCUT2D eigenvalue weighted by molar-refractivity contribution is -0.124. The van der Waals surface area contributed by atoms with Gasteiger partial charge in [-0.15, -0.1) is 0 Å². The summed E-state index contributed by atoms with van der Waals surface area (Å²) in [5.74, 6) is 0.792. The molecule has 2 heterocycles. The number of hydrogen-bond acceptors (Lipinski definition) is 5. The van der Waals surface area contributed by atoms with Gasteiger partial charge in [0.25, 0.3) is 5.56 Å². The summed E-state index contributed by atoms with van der Waals surface area (Å²) in [5.41, 5.74) is 5.79. The van der Waals surface area contributed by atoms with Crippen LogP contribution >= 0.6 is 0 Å². The molecular weight excluding hydrogens is 320 g/mol. The maximum absolute atomic E-state index is 12.5. The van der Waals surface area contributed by atoms with Crippen molar-refractivity contribution in [2.24, 2.45) is 5.92 Å². The Hall–Kier alpha value is -2.57. The Morgan fingerprint density at radius 3 is 2.88 bits per heavy atom. The van der Waals surface area contributed by atoms with E-state index in [-0.39, 0.29) is 11.6 Å². The maximum atomic E-state index is 12.5. The van der Waals surface area contributed by atoms with Gasteiger partial charge in [0.15, 0.2) is 5.76 Å². The van der Waals surface area contributed by atoms with Crippen LogP contribution in [0.3, 0.4) is 0 Å². The molecule has 0 spiro atoms. The molecule has 0 bridgehead atoms. The minimum Gasteiger partial charge on any atom is -0.463 e. The van der Waals surface area contributed by atoms with Crippen LogP contribution in [0.4, 0.5) is 5.69 Å². The molecule has 7 nitrogen and oxygen atoms in total. The monoisotopic (exact) mass is 344 g/mol. The Balaban J connectivity index is 1.75. The molecule has 1 fully saturated rings. The van der Waals surface area contributed by atoms with E-state index in [0.29, 0.717) is 23.9 Å². The molecule has 0 aliphatic heterocycles. The quantitative estimate of drug-likeness (QED) is 0.866. The molecule has 0 aromatic carbocycles. The van der Waals surface area contributed by atoms with Crippen molar-refractivity contribution in [2.75, 3.05) is 12.3 Å². The Morgan fingerprint density at radius 2 is 2.20 bits per heavy atom. The fraction of sp³-hybridized carbons (Fsp3) is 0.500. The van der Waals surface area contributed by atoms with E-state index in [4.69, 9.17) is 10.2 Å². The van der Waals surface area contributed by atoms with Gasteiger partial charge in [0.2, 0.25) is 5.91 Å². The Kier molecular flexibility index (Phi) is 5.21. The van der Waals surface area contributed by atoms with Crippen molar-refractivity contribution in [2.45, 2.75) is 45.1 Å². The van der Waals surface area contributed by atoms with E-state index in [1.165, 1.54) is 31.6 Å². The summed E-state index contributed by atoms with van der Waals surface area (Å²) in [6, 6.07) is 4.17. The topological polar surface area (TPSA) is 103 Å². The van der Waals surface area contributed by atoms with Crippen LogP contribution in [0.2, 0.25) is 0 Å². The summed E-state index contributed by atoms with van der Waals surface area (Å²) in [6.07, 6.45) is 7.53. The van der Waals surface area contributed by atoms with Crippen molar-refractivity contribution in [3.05, 3.63) is 34.8 Å². The molecule has 3 N–H and O–H groups in total. The summed E-state index contributed by atoms with van der Waals surface area (Å²) >= 11 is 0. The lowest BCUT2D eigenvalue weighted by atomic mass is 9.89. The molecule has 0 unspecified atom stereocenters. The van der Waals surface area contributed by atoms with Gasteiger partial charge >= 0.3 is 0 Å². The second-order valence-corrected chi connectivity index (χ2v) is 6.64. The first-order valence-electron chi connectivity index (χ1n) is 8.77. The normalized spacial score (nSPS) is 16.5. The molecule has 3 rings (SSSR count). The number of furan rings is 1. The van der Waals surface area contributed by atoms with Crippen LogP contribution in [-0.2, 0) is 4.79 Å². The van der Waals surface area contributed by atoms with Gasteiger partial charge in [0.05, 0.1) is 6.26 Å². The molecule has 1 aliphatic carbocycles. The number of nitrogens with zero attached hydrogens (tertiary/aromatic N) is 2. The standard InChI is InChI=1S/C18H24N4O3/c1-12(17(23)20-11-13-6-3-2-4-7-13)22-18(24)14(19)10-15(21-22)16-8-5-9-25-16/h5,8-10,12-13H,2-4,6-7,11,19H2,1H3,(H,20,23)/t12-/m1/s1. The second-order valence-electron chi connectivity index (χ2n) is 6.64.